The van der Waals surface area contributed by atoms with E-state index in [2.05, 4.69) is 13.0 Å². The van der Waals surface area contributed by atoms with Crippen LogP contribution in [-0.4, -0.2) is 55.6 Å². The van der Waals surface area contributed by atoms with Crippen LogP contribution in [0, 0.1) is 5.82 Å². The van der Waals surface area contributed by atoms with Crippen LogP contribution in [0.2, 0.25) is 0 Å². The summed E-state index contributed by atoms with van der Waals surface area (Å²) in [6.07, 6.45) is 0. The predicted molar refractivity (Wildman–Crippen MR) is 115 cm³/mol. The fraction of sp³-hybridized carbons (Fsp3) is 0.364. The molecule has 29 heavy (non-hydrogen) atoms. The highest BCUT2D eigenvalue weighted by Crippen LogP contribution is 2.25. The number of quaternary nitrogens is 1. The van der Waals surface area contributed by atoms with E-state index < -0.39 is 0 Å². The van der Waals surface area contributed by atoms with E-state index in [9.17, 15) is 9.18 Å². The van der Waals surface area contributed by atoms with Crippen LogP contribution in [0.4, 0.5) is 10.1 Å². The number of hydrogen-bond donors (Lipinski definition) is 1. The number of nitrogens with one attached hydrogen (secondary N) is 1. The Hall–Kier alpha value is -2.51. The summed E-state index contributed by atoms with van der Waals surface area (Å²) in [5, 5.41) is 1.06. The molecule has 0 radical (unpaired) electrons. The molecule has 0 aliphatic carbocycles. The average molecular weight is 414 g/mol. The van der Waals surface area contributed by atoms with Gasteiger partial charge in [0.2, 0.25) is 0 Å². The summed E-state index contributed by atoms with van der Waals surface area (Å²) in [4.78, 5) is 22.6. The van der Waals surface area contributed by atoms with Crippen LogP contribution in [0.3, 0.4) is 0 Å². The minimum absolute atomic E-state index is 0.142. The number of piperazine rings is 1. The van der Waals surface area contributed by atoms with Gasteiger partial charge in [0.25, 0.3) is 5.91 Å². The van der Waals surface area contributed by atoms with Crippen molar-refractivity contribution in [3.05, 3.63) is 59.4 Å². The summed E-state index contributed by atoms with van der Waals surface area (Å²) >= 11 is 1.70. The molecule has 1 aromatic heterocycles. The highest BCUT2D eigenvalue weighted by atomic mass is 32.1. The largest absolute Gasteiger partial charge is 0.366 e. The molecule has 0 saturated carbocycles. The number of fused-ring (bicyclic) bond motifs is 1. The maximum absolute atomic E-state index is 14.0. The van der Waals surface area contributed by atoms with Gasteiger partial charge >= 0.3 is 0 Å². The first-order chi connectivity index (χ1) is 14.0. The molecule has 5 nitrogen and oxygen atoms in total. The number of likely N-dealkylation sites (N-methyl/N-ethyl adjacent to an activating group) is 1. The van der Waals surface area contributed by atoms with E-state index in [1.807, 2.05) is 41.1 Å². The summed E-state index contributed by atoms with van der Waals surface area (Å²) in [5.74, 6) is -0.0650. The SMILES string of the molecule is C[C@@H](c1nc2ccccc2s1)[NH+](C)CC(=O)N1CCN(c2ccccc2F)CC1. The molecule has 2 atom stereocenters. The zero-order valence-corrected chi connectivity index (χ0v) is 17.6. The molecule has 0 bridgehead atoms. The van der Waals surface area contributed by atoms with Gasteiger partial charge in [0.15, 0.2) is 11.6 Å². The molecule has 3 aromatic rings. The third-order valence-corrected chi connectivity index (χ3v) is 6.89. The van der Waals surface area contributed by atoms with Crippen molar-refractivity contribution in [2.24, 2.45) is 0 Å². The van der Waals surface area contributed by atoms with Gasteiger partial charge in [-0.2, -0.15) is 0 Å². The van der Waals surface area contributed by atoms with Gasteiger partial charge in [0, 0.05) is 26.2 Å². The lowest BCUT2D eigenvalue weighted by atomic mass is 10.2. The Bertz CT molecular complexity index is 966. The van der Waals surface area contributed by atoms with E-state index in [-0.39, 0.29) is 17.8 Å². The van der Waals surface area contributed by atoms with E-state index >= 15 is 0 Å². The number of nitrogens with zero attached hydrogens (tertiary/aromatic N) is 3. The Balaban J connectivity index is 1.34. The van der Waals surface area contributed by atoms with Crippen LogP contribution in [0.25, 0.3) is 10.2 Å². The van der Waals surface area contributed by atoms with E-state index in [1.165, 1.54) is 10.8 Å². The van der Waals surface area contributed by atoms with Crippen molar-refractivity contribution in [3.8, 4) is 0 Å². The zero-order chi connectivity index (χ0) is 20.4. The molecule has 1 amide bonds. The van der Waals surface area contributed by atoms with Gasteiger partial charge in [-0.3, -0.25) is 4.79 Å². The first-order valence-electron chi connectivity index (χ1n) is 9.98. The van der Waals surface area contributed by atoms with Gasteiger partial charge in [-0.1, -0.05) is 24.3 Å². The molecule has 1 N–H and O–H groups in total. The van der Waals surface area contributed by atoms with Crippen LogP contribution < -0.4 is 9.80 Å². The standard InChI is InChI=1S/C22H25FN4OS/c1-16(22-24-18-8-4-6-10-20(18)29-22)25(2)15-21(28)27-13-11-26(12-14-27)19-9-5-3-7-17(19)23/h3-10,16H,11-15H2,1-2H3/p+1/t16-/m0/s1. The molecule has 152 valence electrons. The quantitative estimate of drug-likeness (QED) is 0.698. The first kappa shape index (κ1) is 19.8. The molecule has 1 fully saturated rings. The van der Waals surface area contributed by atoms with Gasteiger partial charge < -0.3 is 14.7 Å². The van der Waals surface area contributed by atoms with Gasteiger partial charge in [-0.05, 0) is 31.2 Å². The predicted octanol–water partition coefficient (Wildman–Crippen LogP) is 2.36. The second-order valence-electron chi connectivity index (χ2n) is 7.58. The van der Waals surface area contributed by atoms with Crippen molar-refractivity contribution in [2.75, 3.05) is 44.7 Å². The monoisotopic (exact) mass is 413 g/mol. The van der Waals surface area contributed by atoms with Gasteiger partial charge in [0.1, 0.15) is 11.9 Å². The number of amides is 1. The van der Waals surface area contributed by atoms with Crippen molar-refractivity contribution in [3.63, 3.8) is 0 Å². The van der Waals surface area contributed by atoms with E-state index in [0.29, 0.717) is 38.4 Å². The Kier molecular flexibility index (Phi) is 5.78. The lowest BCUT2D eigenvalue weighted by Crippen LogP contribution is -3.10. The fourth-order valence-electron chi connectivity index (χ4n) is 3.69. The number of aromatic nitrogens is 1. The summed E-state index contributed by atoms with van der Waals surface area (Å²) in [5.41, 5.74) is 1.63. The van der Waals surface area contributed by atoms with Crippen LogP contribution in [0.5, 0.6) is 0 Å². The smallest absolute Gasteiger partial charge is 0.277 e. The number of thiazole rings is 1. The number of para-hydroxylation sites is 2. The minimum Gasteiger partial charge on any atom is -0.366 e. The summed E-state index contributed by atoms with van der Waals surface area (Å²) in [6, 6.07) is 15.1. The summed E-state index contributed by atoms with van der Waals surface area (Å²) in [7, 11) is 2.05. The van der Waals surface area contributed by atoms with Crippen molar-refractivity contribution in [1.29, 1.82) is 0 Å². The number of anilines is 1. The minimum atomic E-state index is -0.207. The zero-order valence-electron chi connectivity index (χ0n) is 16.8. The molecule has 0 spiro atoms. The van der Waals surface area contributed by atoms with Crippen molar-refractivity contribution in [2.45, 2.75) is 13.0 Å². The van der Waals surface area contributed by atoms with E-state index in [4.69, 9.17) is 4.98 Å². The number of carbonyl (C=O) groups excluding carboxylic acids is 1. The lowest BCUT2D eigenvalue weighted by molar-refractivity contribution is -0.902. The van der Waals surface area contributed by atoms with Crippen molar-refractivity contribution in [1.82, 2.24) is 9.88 Å². The number of benzene rings is 2. The van der Waals surface area contributed by atoms with E-state index in [1.54, 1.807) is 23.5 Å². The van der Waals surface area contributed by atoms with Crippen LogP contribution in [-0.2, 0) is 4.79 Å². The maximum Gasteiger partial charge on any atom is 0.277 e. The molecule has 1 unspecified atom stereocenters. The van der Waals surface area contributed by atoms with Gasteiger partial charge in [-0.15, -0.1) is 11.3 Å². The van der Waals surface area contributed by atoms with Crippen LogP contribution in [0.1, 0.15) is 18.0 Å². The Labute approximate surface area is 174 Å². The highest BCUT2D eigenvalue weighted by molar-refractivity contribution is 7.18. The summed E-state index contributed by atoms with van der Waals surface area (Å²) < 4.78 is 15.2. The molecule has 1 aliphatic heterocycles. The Morgan fingerprint density at radius 1 is 1.14 bits per heavy atom. The number of halogens is 1. The first-order valence-corrected chi connectivity index (χ1v) is 10.8. The van der Waals surface area contributed by atoms with Gasteiger partial charge in [0.05, 0.1) is 23.0 Å². The van der Waals surface area contributed by atoms with E-state index in [0.717, 1.165) is 15.4 Å². The molecular formula is C22H26FN4OS+. The third kappa shape index (κ3) is 4.26. The topological polar surface area (TPSA) is 40.9 Å². The number of hydrogen-bond acceptors (Lipinski definition) is 4. The number of carbonyl (C=O) groups is 1. The van der Waals surface area contributed by atoms with Crippen LogP contribution >= 0.6 is 11.3 Å². The molecule has 1 aliphatic rings. The van der Waals surface area contributed by atoms with Crippen molar-refractivity contribution >= 4 is 33.1 Å². The second kappa shape index (κ2) is 8.47. The molecule has 1 saturated heterocycles. The maximum atomic E-state index is 14.0. The molecule has 4 rings (SSSR count). The van der Waals surface area contributed by atoms with Crippen molar-refractivity contribution < 1.29 is 14.1 Å². The van der Waals surface area contributed by atoms with Gasteiger partial charge in [-0.25, -0.2) is 9.37 Å². The number of rotatable bonds is 5. The molecule has 2 aromatic carbocycles. The Morgan fingerprint density at radius 2 is 1.83 bits per heavy atom. The second-order valence-corrected chi connectivity index (χ2v) is 8.65. The molecule has 7 heteroatoms. The van der Waals surface area contributed by atoms with Crippen LogP contribution in [0.15, 0.2) is 48.5 Å². The Morgan fingerprint density at radius 3 is 2.55 bits per heavy atom. The molecule has 2 heterocycles. The highest BCUT2D eigenvalue weighted by Gasteiger charge is 2.27. The molecular weight excluding hydrogens is 387 g/mol. The average Bonchev–Trinajstić information content (AvgIpc) is 3.18. The normalized spacial score (nSPS) is 16.8. The lowest BCUT2D eigenvalue weighted by Gasteiger charge is -2.36. The fourth-order valence-corrected chi connectivity index (χ4v) is 4.81. The summed E-state index contributed by atoms with van der Waals surface area (Å²) in [6.45, 7) is 5.09. The third-order valence-electron chi connectivity index (χ3n) is 5.68.